The number of hydrogen-bond acceptors (Lipinski definition) is 1. The lowest BCUT2D eigenvalue weighted by atomic mass is 10.5. The predicted octanol–water partition coefficient (Wildman–Crippen LogP) is 2.17. The number of rotatable bonds is 3. The highest BCUT2D eigenvalue weighted by Gasteiger charge is 1.77. The zero-order valence-electron chi connectivity index (χ0n) is 6.36. The highest BCUT2D eigenvalue weighted by atomic mass is 16.4. The van der Waals surface area contributed by atoms with Gasteiger partial charge in [-0.15, -0.1) is 0 Å². The van der Waals surface area contributed by atoms with Gasteiger partial charge in [-0.05, 0) is 0 Å². The largest absolute Gasteiger partial charge is 0.478 e. The Labute approximate surface area is 66.9 Å². The summed E-state index contributed by atoms with van der Waals surface area (Å²) in [6, 6.07) is 0. The minimum atomic E-state index is -0.945. The van der Waals surface area contributed by atoms with E-state index in [0.717, 1.165) is 6.08 Å². The molecule has 0 heterocycles. The summed E-state index contributed by atoms with van der Waals surface area (Å²) >= 11 is 0. The van der Waals surface area contributed by atoms with E-state index >= 15 is 0 Å². The van der Waals surface area contributed by atoms with E-state index in [9.17, 15) is 4.79 Å². The maximum absolute atomic E-state index is 9.62. The molecule has 0 unspecified atom stereocenters. The summed E-state index contributed by atoms with van der Waals surface area (Å²) in [6.45, 7) is 10.0. The molecular weight excluding hydrogens is 140 g/mol. The number of hydrogen-bond donors (Lipinski definition) is 1. The monoisotopic (exact) mass is 152 g/mol. The molecule has 0 aromatic rings. The molecule has 0 aromatic heterocycles. The molecule has 2 heteroatoms. The molecule has 2 nitrogen and oxygen atoms in total. The van der Waals surface area contributed by atoms with Crippen molar-refractivity contribution in [1.82, 2.24) is 0 Å². The molecule has 0 atom stereocenters. The Morgan fingerprint density at radius 3 is 1.64 bits per heavy atom. The van der Waals surface area contributed by atoms with Crippen LogP contribution < -0.4 is 0 Å². The van der Waals surface area contributed by atoms with E-state index in [1.165, 1.54) is 12.2 Å². The summed E-state index contributed by atoms with van der Waals surface area (Å²) in [7, 11) is 0. The van der Waals surface area contributed by atoms with Crippen molar-refractivity contribution >= 4 is 5.97 Å². The van der Waals surface area contributed by atoms with Crippen LogP contribution in [0.2, 0.25) is 0 Å². The molecule has 1 N–H and O–H groups in total. The second kappa shape index (κ2) is 11.3. The molecular formula is C9H12O2. The minimum Gasteiger partial charge on any atom is -0.478 e. The van der Waals surface area contributed by atoms with Gasteiger partial charge in [-0.1, -0.05) is 44.0 Å². The average molecular weight is 152 g/mol. The van der Waals surface area contributed by atoms with Crippen molar-refractivity contribution in [2.45, 2.75) is 0 Å². The van der Waals surface area contributed by atoms with Crippen molar-refractivity contribution in [2.75, 3.05) is 0 Å². The van der Waals surface area contributed by atoms with Crippen LogP contribution in [0.4, 0.5) is 0 Å². The normalized spacial score (nSPS) is 7.64. The first-order chi connectivity index (χ1) is 5.18. The van der Waals surface area contributed by atoms with E-state index in [2.05, 4.69) is 19.7 Å². The van der Waals surface area contributed by atoms with Crippen LogP contribution in [0.3, 0.4) is 0 Å². The molecule has 60 valence electrons. The first-order valence-electron chi connectivity index (χ1n) is 2.94. The van der Waals surface area contributed by atoms with Crippen LogP contribution in [0, 0.1) is 0 Å². The number of carboxylic acids is 1. The smallest absolute Gasteiger partial charge is 0.328 e. The Bertz CT molecular complexity index is 160. The summed E-state index contributed by atoms with van der Waals surface area (Å²) in [6.07, 6.45) is 7.07. The SMILES string of the molecule is C=CC=C.C=CC=CC(=O)O. The topological polar surface area (TPSA) is 37.3 Å². The molecule has 0 saturated heterocycles. The first-order valence-corrected chi connectivity index (χ1v) is 2.94. The third kappa shape index (κ3) is 29.6. The number of aliphatic carboxylic acids is 1. The van der Waals surface area contributed by atoms with E-state index in [1.54, 1.807) is 12.2 Å². The van der Waals surface area contributed by atoms with Gasteiger partial charge in [0.1, 0.15) is 0 Å². The molecule has 0 aliphatic heterocycles. The van der Waals surface area contributed by atoms with Crippen LogP contribution in [0.15, 0.2) is 50.1 Å². The molecule has 0 aliphatic carbocycles. The fourth-order valence-electron chi connectivity index (χ4n) is 0.150. The zero-order valence-corrected chi connectivity index (χ0v) is 6.36. The van der Waals surface area contributed by atoms with Crippen molar-refractivity contribution in [3.8, 4) is 0 Å². The van der Waals surface area contributed by atoms with Gasteiger partial charge in [0.2, 0.25) is 0 Å². The quantitative estimate of drug-likeness (QED) is 0.497. The van der Waals surface area contributed by atoms with Gasteiger partial charge < -0.3 is 5.11 Å². The number of carbonyl (C=O) groups is 1. The predicted molar refractivity (Wildman–Crippen MR) is 47.4 cm³/mol. The van der Waals surface area contributed by atoms with Gasteiger partial charge in [-0.25, -0.2) is 4.79 Å². The van der Waals surface area contributed by atoms with Gasteiger partial charge in [0, 0.05) is 6.08 Å². The van der Waals surface area contributed by atoms with Gasteiger partial charge in [0.15, 0.2) is 0 Å². The number of allylic oxidation sites excluding steroid dienone is 4. The van der Waals surface area contributed by atoms with E-state index in [0.29, 0.717) is 0 Å². The first kappa shape index (κ1) is 12.1. The molecule has 0 amide bonds. The summed E-state index contributed by atoms with van der Waals surface area (Å²) in [5, 5.41) is 7.91. The van der Waals surface area contributed by atoms with Crippen LogP contribution in [0.5, 0.6) is 0 Å². The van der Waals surface area contributed by atoms with E-state index in [1.807, 2.05) is 0 Å². The maximum Gasteiger partial charge on any atom is 0.328 e. The highest BCUT2D eigenvalue weighted by molar-refractivity contribution is 5.79. The van der Waals surface area contributed by atoms with E-state index in [4.69, 9.17) is 5.11 Å². The minimum absolute atomic E-state index is 0.945. The summed E-state index contributed by atoms with van der Waals surface area (Å²) in [4.78, 5) is 9.62. The molecule has 0 bridgehead atoms. The Morgan fingerprint density at radius 2 is 1.55 bits per heavy atom. The molecule has 11 heavy (non-hydrogen) atoms. The van der Waals surface area contributed by atoms with Crippen LogP contribution in [-0.4, -0.2) is 11.1 Å². The highest BCUT2D eigenvalue weighted by Crippen LogP contribution is 1.70. The second-order valence-electron chi connectivity index (χ2n) is 1.40. The maximum atomic E-state index is 9.62. The van der Waals surface area contributed by atoms with Crippen LogP contribution in [0.25, 0.3) is 0 Å². The average Bonchev–Trinajstić information content (AvgIpc) is 2.01. The Kier molecular flexibility index (Phi) is 12.4. The lowest BCUT2D eigenvalue weighted by molar-refractivity contribution is -0.131. The van der Waals surface area contributed by atoms with Crippen molar-refractivity contribution < 1.29 is 9.90 Å². The lowest BCUT2D eigenvalue weighted by Crippen LogP contribution is -1.83. The fraction of sp³-hybridized carbons (Fsp3) is 0. The van der Waals surface area contributed by atoms with Crippen molar-refractivity contribution in [1.29, 1.82) is 0 Å². The number of carboxylic acid groups (broad SMARTS) is 1. The summed E-state index contributed by atoms with van der Waals surface area (Å²) in [5.41, 5.74) is 0. The van der Waals surface area contributed by atoms with Crippen molar-refractivity contribution in [3.63, 3.8) is 0 Å². The zero-order chi connectivity index (χ0) is 9.11. The second-order valence-corrected chi connectivity index (χ2v) is 1.40. The van der Waals surface area contributed by atoms with Crippen LogP contribution >= 0.6 is 0 Å². The molecule has 0 fully saturated rings. The third-order valence-corrected chi connectivity index (χ3v) is 0.542. The molecule has 0 saturated carbocycles. The van der Waals surface area contributed by atoms with Gasteiger partial charge in [0.25, 0.3) is 0 Å². The van der Waals surface area contributed by atoms with Gasteiger partial charge in [-0.3, -0.25) is 0 Å². The van der Waals surface area contributed by atoms with Crippen molar-refractivity contribution in [3.05, 3.63) is 50.1 Å². The Balaban J connectivity index is 0. The van der Waals surface area contributed by atoms with Gasteiger partial charge >= 0.3 is 5.97 Å². The Morgan fingerprint density at radius 1 is 1.09 bits per heavy atom. The standard InChI is InChI=1S/C5H6O2.C4H6/c1-2-3-4-5(6)7;1-3-4-2/h2-4H,1H2,(H,6,7);3-4H,1-2H2. The molecule has 0 spiro atoms. The van der Waals surface area contributed by atoms with E-state index in [-0.39, 0.29) is 0 Å². The van der Waals surface area contributed by atoms with Crippen LogP contribution in [0.1, 0.15) is 0 Å². The Hall–Kier alpha value is -1.57. The summed E-state index contributed by atoms with van der Waals surface area (Å²) in [5.74, 6) is -0.945. The molecule has 0 radical (unpaired) electrons. The third-order valence-electron chi connectivity index (χ3n) is 0.542. The molecule has 0 rings (SSSR count). The van der Waals surface area contributed by atoms with Crippen LogP contribution in [-0.2, 0) is 4.79 Å². The molecule has 0 aliphatic rings. The van der Waals surface area contributed by atoms with Gasteiger partial charge in [0.05, 0.1) is 0 Å². The lowest BCUT2D eigenvalue weighted by Gasteiger charge is -1.70. The van der Waals surface area contributed by atoms with Crippen molar-refractivity contribution in [2.24, 2.45) is 0 Å². The molecule has 0 aromatic carbocycles. The van der Waals surface area contributed by atoms with Gasteiger partial charge in [-0.2, -0.15) is 0 Å². The van der Waals surface area contributed by atoms with E-state index < -0.39 is 5.97 Å². The fourth-order valence-corrected chi connectivity index (χ4v) is 0.150. The summed E-state index contributed by atoms with van der Waals surface area (Å²) < 4.78 is 0.